The zero-order valence-electron chi connectivity index (χ0n) is 15.7. The molecule has 0 saturated carbocycles. The van der Waals surface area contributed by atoms with Crippen molar-refractivity contribution in [3.8, 4) is 0 Å². The quantitative estimate of drug-likeness (QED) is 0.362. The van der Waals surface area contributed by atoms with Crippen LogP contribution in [-0.2, 0) is 14.8 Å². The number of nitro benzene ring substituents is 1. The summed E-state index contributed by atoms with van der Waals surface area (Å²) in [4.78, 5) is 24.1. The molecular formula is C18H27N3O5S. The second kappa shape index (κ2) is 9.80. The highest BCUT2D eigenvalue weighted by molar-refractivity contribution is 7.89. The summed E-state index contributed by atoms with van der Waals surface area (Å²) in [7, 11) is -3.96. The van der Waals surface area contributed by atoms with Crippen molar-refractivity contribution in [3.63, 3.8) is 0 Å². The summed E-state index contributed by atoms with van der Waals surface area (Å²) in [6.45, 7) is 3.07. The number of benzene rings is 1. The molecule has 1 aliphatic heterocycles. The lowest BCUT2D eigenvalue weighted by Crippen LogP contribution is -2.50. The van der Waals surface area contributed by atoms with Crippen LogP contribution in [0.5, 0.6) is 0 Å². The monoisotopic (exact) mass is 397 g/mol. The van der Waals surface area contributed by atoms with E-state index in [4.69, 9.17) is 0 Å². The summed E-state index contributed by atoms with van der Waals surface area (Å²) in [5, 5.41) is 11.1. The lowest BCUT2D eigenvalue weighted by Gasteiger charge is -2.34. The predicted octanol–water partition coefficient (Wildman–Crippen LogP) is 2.79. The lowest BCUT2D eigenvalue weighted by atomic mass is 10.1. The Morgan fingerprint density at radius 3 is 2.33 bits per heavy atom. The van der Waals surface area contributed by atoms with Gasteiger partial charge in [-0.25, -0.2) is 8.42 Å². The summed E-state index contributed by atoms with van der Waals surface area (Å²) in [6, 6.07) is 5.35. The molecule has 1 aromatic rings. The van der Waals surface area contributed by atoms with Crippen molar-refractivity contribution in [3.05, 3.63) is 34.4 Å². The van der Waals surface area contributed by atoms with Crippen molar-refractivity contribution >= 4 is 21.6 Å². The molecule has 0 radical (unpaired) electrons. The fourth-order valence-electron chi connectivity index (χ4n) is 3.18. The highest BCUT2D eigenvalue weighted by Gasteiger charge is 2.34. The molecule has 1 fully saturated rings. The second-order valence-electron chi connectivity index (χ2n) is 6.67. The summed E-state index contributed by atoms with van der Waals surface area (Å²) in [5.41, 5.74) is -0.428. The van der Waals surface area contributed by atoms with Gasteiger partial charge in [-0.2, -0.15) is 4.31 Å². The van der Waals surface area contributed by atoms with Gasteiger partial charge in [0.15, 0.2) is 4.90 Å². The molecule has 2 rings (SSSR count). The van der Waals surface area contributed by atoms with E-state index in [-0.39, 0.29) is 23.9 Å². The van der Waals surface area contributed by atoms with E-state index in [0.29, 0.717) is 19.5 Å². The molecule has 8 nitrogen and oxygen atoms in total. The van der Waals surface area contributed by atoms with Crippen LogP contribution in [0, 0.1) is 10.1 Å². The van der Waals surface area contributed by atoms with Crippen LogP contribution in [0.2, 0.25) is 0 Å². The first-order valence-corrected chi connectivity index (χ1v) is 10.8. The summed E-state index contributed by atoms with van der Waals surface area (Å²) >= 11 is 0. The van der Waals surface area contributed by atoms with Gasteiger partial charge < -0.3 is 4.90 Å². The van der Waals surface area contributed by atoms with Gasteiger partial charge in [0.25, 0.3) is 5.69 Å². The summed E-state index contributed by atoms with van der Waals surface area (Å²) in [5.74, 6) is 0.0502. The molecule has 150 valence electrons. The Balaban J connectivity index is 1.93. The van der Waals surface area contributed by atoms with E-state index in [0.717, 1.165) is 25.7 Å². The molecule has 1 aromatic carbocycles. The molecule has 1 heterocycles. The van der Waals surface area contributed by atoms with Crippen molar-refractivity contribution in [1.29, 1.82) is 0 Å². The molecule has 1 amide bonds. The van der Waals surface area contributed by atoms with Crippen molar-refractivity contribution in [2.75, 3.05) is 26.2 Å². The number of amides is 1. The van der Waals surface area contributed by atoms with E-state index in [2.05, 4.69) is 6.92 Å². The van der Waals surface area contributed by atoms with Crippen molar-refractivity contribution in [2.45, 2.75) is 50.3 Å². The third-order valence-electron chi connectivity index (χ3n) is 4.77. The largest absolute Gasteiger partial charge is 0.340 e. The van der Waals surface area contributed by atoms with Crippen molar-refractivity contribution in [2.24, 2.45) is 0 Å². The van der Waals surface area contributed by atoms with Crippen LogP contribution in [0.1, 0.15) is 45.4 Å². The number of para-hydroxylation sites is 1. The third-order valence-corrected chi connectivity index (χ3v) is 6.71. The number of hydrogen-bond acceptors (Lipinski definition) is 5. The first-order chi connectivity index (χ1) is 12.9. The first-order valence-electron chi connectivity index (χ1n) is 9.39. The number of carbonyl (C=O) groups is 1. The maximum absolute atomic E-state index is 12.8. The fraction of sp³-hybridized carbons (Fsp3) is 0.611. The molecule has 0 unspecified atom stereocenters. The van der Waals surface area contributed by atoms with Gasteiger partial charge in [0.05, 0.1) is 4.92 Å². The Labute approximate surface area is 160 Å². The van der Waals surface area contributed by atoms with E-state index < -0.39 is 20.6 Å². The Hall–Kier alpha value is -2.00. The standard InChI is InChI=1S/C18H27N3O5S/c1-2-3-4-5-6-11-18(22)19-12-14-20(15-13-19)27(25,26)17-10-8-7-9-16(17)21(23)24/h7-10H,2-6,11-15H2,1H3. The number of unbranched alkanes of at least 4 members (excludes halogenated alkanes) is 4. The topological polar surface area (TPSA) is 101 Å². The van der Waals surface area contributed by atoms with Gasteiger partial charge in [-0.3, -0.25) is 14.9 Å². The average Bonchev–Trinajstić information content (AvgIpc) is 2.67. The Morgan fingerprint density at radius 2 is 1.70 bits per heavy atom. The van der Waals surface area contributed by atoms with Crippen LogP contribution in [0.15, 0.2) is 29.2 Å². The third kappa shape index (κ3) is 5.49. The molecule has 0 N–H and O–H groups in total. The molecular weight excluding hydrogens is 370 g/mol. The van der Waals surface area contributed by atoms with Crippen LogP contribution in [0.4, 0.5) is 5.69 Å². The number of nitrogens with zero attached hydrogens (tertiary/aromatic N) is 3. The number of nitro groups is 1. The second-order valence-corrected chi connectivity index (χ2v) is 8.58. The SMILES string of the molecule is CCCCCCCC(=O)N1CCN(S(=O)(=O)c2ccccc2[N+](=O)[O-])CC1. The number of hydrogen-bond donors (Lipinski definition) is 0. The minimum atomic E-state index is -3.96. The molecule has 27 heavy (non-hydrogen) atoms. The van der Waals surface area contributed by atoms with Crippen molar-refractivity contribution in [1.82, 2.24) is 9.21 Å². The van der Waals surface area contributed by atoms with E-state index in [1.807, 2.05) is 0 Å². The summed E-state index contributed by atoms with van der Waals surface area (Å²) in [6.07, 6.45) is 5.84. The van der Waals surface area contributed by atoms with E-state index in [9.17, 15) is 23.3 Å². The van der Waals surface area contributed by atoms with Gasteiger partial charge in [-0.15, -0.1) is 0 Å². The van der Waals surface area contributed by atoms with Crippen LogP contribution in [0.3, 0.4) is 0 Å². The van der Waals surface area contributed by atoms with E-state index in [1.165, 1.54) is 35.0 Å². The van der Waals surface area contributed by atoms with Gasteiger partial charge >= 0.3 is 0 Å². The van der Waals surface area contributed by atoms with E-state index >= 15 is 0 Å². The molecule has 0 aromatic heterocycles. The molecule has 0 aliphatic carbocycles. The Bertz CT molecular complexity index is 758. The number of rotatable bonds is 9. The molecule has 1 saturated heterocycles. The minimum absolute atomic E-state index is 0.0502. The lowest BCUT2D eigenvalue weighted by molar-refractivity contribution is -0.387. The number of carbonyl (C=O) groups excluding carboxylic acids is 1. The van der Waals surface area contributed by atoms with Crippen LogP contribution in [-0.4, -0.2) is 54.6 Å². The van der Waals surface area contributed by atoms with Crippen LogP contribution >= 0.6 is 0 Å². The Morgan fingerprint density at radius 1 is 1.07 bits per heavy atom. The zero-order chi connectivity index (χ0) is 19.9. The number of sulfonamides is 1. The van der Waals surface area contributed by atoms with Gasteiger partial charge in [0.1, 0.15) is 0 Å². The molecule has 9 heteroatoms. The first kappa shape index (κ1) is 21.3. The predicted molar refractivity (Wildman–Crippen MR) is 102 cm³/mol. The molecule has 1 aliphatic rings. The minimum Gasteiger partial charge on any atom is -0.340 e. The normalized spacial score (nSPS) is 15.7. The maximum atomic E-state index is 12.8. The zero-order valence-corrected chi connectivity index (χ0v) is 16.5. The van der Waals surface area contributed by atoms with Gasteiger partial charge in [-0.05, 0) is 12.5 Å². The average molecular weight is 397 g/mol. The van der Waals surface area contributed by atoms with Gasteiger partial charge in [0, 0.05) is 38.7 Å². The number of piperazine rings is 1. The highest BCUT2D eigenvalue weighted by Crippen LogP contribution is 2.27. The van der Waals surface area contributed by atoms with Crippen LogP contribution < -0.4 is 0 Å². The van der Waals surface area contributed by atoms with Crippen molar-refractivity contribution < 1.29 is 18.1 Å². The summed E-state index contributed by atoms with van der Waals surface area (Å²) < 4.78 is 26.8. The smallest absolute Gasteiger partial charge is 0.289 e. The molecule has 0 atom stereocenters. The van der Waals surface area contributed by atoms with Gasteiger partial charge in [-0.1, -0.05) is 44.7 Å². The maximum Gasteiger partial charge on any atom is 0.289 e. The van der Waals surface area contributed by atoms with Crippen LogP contribution in [0.25, 0.3) is 0 Å². The van der Waals surface area contributed by atoms with Gasteiger partial charge in [0.2, 0.25) is 15.9 Å². The molecule has 0 spiro atoms. The molecule has 0 bridgehead atoms. The van der Waals surface area contributed by atoms with E-state index in [1.54, 1.807) is 4.90 Å². The fourth-order valence-corrected chi connectivity index (χ4v) is 4.76. The highest BCUT2D eigenvalue weighted by atomic mass is 32.2. The Kier molecular flexibility index (Phi) is 7.73.